The molecule has 9 nitrogen and oxygen atoms in total. The summed E-state index contributed by atoms with van der Waals surface area (Å²) < 4.78 is 11.3. The Bertz CT molecular complexity index is 1220. The van der Waals surface area contributed by atoms with Crippen LogP contribution in [0.1, 0.15) is 239 Å². The summed E-state index contributed by atoms with van der Waals surface area (Å²) in [6.45, 7) is 3.70. The molecule has 0 aromatic carbocycles. The first kappa shape index (κ1) is 61.9. The van der Waals surface area contributed by atoms with E-state index < -0.39 is 49.5 Å². The lowest BCUT2D eigenvalue weighted by molar-refractivity contribution is -0.302. The fraction of sp³-hybridized carbons (Fsp3) is 0.807. The minimum Gasteiger partial charge on any atom is -0.394 e. The zero-order valence-electron chi connectivity index (χ0n) is 42.4. The van der Waals surface area contributed by atoms with Gasteiger partial charge in [0, 0.05) is 6.42 Å². The number of hydrogen-bond acceptors (Lipinski definition) is 8. The molecule has 1 fully saturated rings. The quantitative estimate of drug-likeness (QED) is 0.0261. The van der Waals surface area contributed by atoms with Gasteiger partial charge in [0.25, 0.3) is 0 Å². The van der Waals surface area contributed by atoms with E-state index >= 15 is 0 Å². The second kappa shape index (κ2) is 46.6. The minimum absolute atomic E-state index is 0.163. The molecule has 66 heavy (non-hydrogen) atoms. The van der Waals surface area contributed by atoms with Crippen LogP contribution in [0.2, 0.25) is 0 Å². The lowest BCUT2D eigenvalue weighted by atomic mass is 9.99. The normalized spacial score (nSPS) is 20.3. The molecule has 0 aromatic rings. The van der Waals surface area contributed by atoms with Crippen LogP contribution >= 0.6 is 0 Å². The van der Waals surface area contributed by atoms with E-state index in [-0.39, 0.29) is 18.9 Å². The maximum absolute atomic E-state index is 13.0. The number of allylic oxidation sites excluding steroid dienone is 10. The van der Waals surface area contributed by atoms with Gasteiger partial charge in [-0.2, -0.15) is 0 Å². The van der Waals surface area contributed by atoms with E-state index in [2.05, 4.69) is 79.9 Å². The predicted molar refractivity (Wildman–Crippen MR) is 276 cm³/mol. The first-order chi connectivity index (χ1) is 32.3. The van der Waals surface area contributed by atoms with Crippen LogP contribution in [0, 0.1) is 0 Å². The van der Waals surface area contributed by atoms with Crippen LogP contribution in [-0.4, -0.2) is 87.5 Å². The number of carbonyl (C=O) groups excluding carboxylic acids is 1. The van der Waals surface area contributed by atoms with Crippen molar-refractivity contribution in [3.05, 3.63) is 60.8 Å². The van der Waals surface area contributed by atoms with Crippen LogP contribution in [0.4, 0.5) is 0 Å². The van der Waals surface area contributed by atoms with Crippen molar-refractivity contribution >= 4 is 5.91 Å². The van der Waals surface area contributed by atoms with Crippen molar-refractivity contribution in [1.82, 2.24) is 5.32 Å². The third-order valence-electron chi connectivity index (χ3n) is 12.9. The highest BCUT2D eigenvalue weighted by molar-refractivity contribution is 5.76. The van der Waals surface area contributed by atoms with E-state index in [1.807, 2.05) is 0 Å². The molecule has 7 atom stereocenters. The molecular weight excluding hydrogens is 827 g/mol. The Labute approximate surface area is 405 Å². The van der Waals surface area contributed by atoms with Crippen molar-refractivity contribution in [2.45, 2.75) is 281 Å². The first-order valence-corrected chi connectivity index (χ1v) is 27.5. The maximum Gasteiger partial charge on any atom is 0.220 e. The van der Waals surface area contributed by atoms with Crippen LogP contribution in [-0.2, 0) is 14.3 Å². The second-order valence-electron chi connectivity index (χ2n) is 19.0. The summed E-state index contributed by atoms with van der Waals surface area (Å²) in [6.07, 6.45) is 55.4. The first-order valence-electron chi connectivity index (χ1n) is 27.5. The second-order valence-corrected chi connectivity index (χ2v) is 19.0. The summed E-state index contributed by atoms with van der Waals surface area (Å²) in [5.74, 6) is -0.200. The number of hydrogen-bond donors (Lipinski definition) is 6. The van der Waals surface area contributed by atoms with E-state index in [1.54, 1.807) is 0 Å². The molecule has 7 unspecified atom stereocenters. The number of unbranched alkanes of at least 4 members (excludes halogenated alkanes) is 26. The number of aliphatic hydroxyl groups excluding tert-OH is 5. The maximum atomic E-state index is 13.0. The number of amides is 1. The SMILES string of the molecule is CC/C=C\C/C=C\C/C=C\C/C=C\C/C=C\CCCC(=O)NC(COC1OC(CO)C(O)C(O)C1O)C(O)CCCCCCCCCCCCCCCCCCCCCCCCCCCC. The monoisotopic (exact) mass is 930 g/mol. The standard InChI is InChI=1S/C57H103NO8/c1-3-5-7-9-11-13-15-17-19-21-22-23-24-25-26-27-28-29-31-32-34-36-38-40-42-44-46-51(60)50(49-65-57-56(64)55(63)54(62)52(48-59)66-57)58-53(61)47-45-43-41-39-37-35-33-30-20-18-16-14-12-10-8-6-4-2/h6,8,12,14,18,20,33,35,39,41,50-52,54-57,59-60,62-64H,3-5,7,9-11,13,15-17,19,21-32,34,36-38,40,42-49H2,1-2H3,(H,58,61)/b8-6-,14-12-,20-18-,35-33-,41-39-. The van der Waals surface area contributed by atoms with Gasteiger partial charge >= 0.3 is 0 Å². The molecule has 0 saturated carbocycles. The van der Waals surface area contributed by atoms with E-state index in [0.717, 1.165) is 57.8 Å². The summed E-state index contributed by atoms with van der Waals surface area (Å²) >= 11 is 0. The van der Waals surface area contributed by atoms with Gasteiger partial charge in [0.2, 0.25) is 5.91 Å². The fourth-order valence-corrected chi connectivity index (χ4v) is 8.55. The number of ether oxygens (including phenoxy) is 2. The van der Waals surface area contributed by atoms with Crippen LogP contribution < -0.4 is 5.32 Å². The van der Waals surface area contributed by atoms with Gasteiger partial charge in [-0.15, -0.1) is 0 Å². The van der Waals surface area contributed by atoms with Crippen molar-refractivity contribution in [1.29, 1.82) is 0 Å². The highest BCUT2D eigenvalue weighted by Gasteiger charge is 2.44. The van der Waals surface area contributed by atoms with E-state index in [0.29, 0.717) is 12.8 Å². The largest absolute Gasteiger partial charge is 0.394 e. The molecule has 0 radical (unpaired) electrons. The Morgan fingerprint density at radius 2 is 0.924 bits per heavy atom. The van der Waals surface area contributed by atoms with Crippen molar-refractivity contribution in [3.63, 3.8) is 0 Å². The molecule has 1 amide bonds. The third-order valence-corrected chi connectivity index (χ3v) is 12.9. The number of aliphatic hydroxyl groups is 5. The van der Waals surface area contributed by atoms with Gasteiger partial charge in [0.1, 0.15) is 24.4 Å². The highest BCUT2D eigenvalue weighted by Crippen LogP contribution is 2.23. The van der Waals surface area contributed by atoms with Crippen LogP contribution in [0.25, 0.3) is 0 Å². The van der Waals surface area contributed by atoms with E-state index in [1.165, 1.54) is 148 Å². The molecular formula is C57H103NO8. The summed E-state index contributed by atoms with van der Waals surface area (Å²) in [5.41, 5.74) is 0. The van der Waals surface area contributed by atoms with Gasteiger partial charge in [-0.3, -0.25) is 4.79 Å². The Hall–Kier alpha value is -2.11. The molecule has 1 aliphatic rings. The molecule has 1 rings (SSSR count). The highest BCUT2D eigenvalue weighted by atomic mass is 16.7. The summed E-state index contributed by atoms with van der Waals surface area (Å²) in [5, 5.41) is 54.5. The molecule has 9 heteroatoms. The lowest BCUT2D eigenvalue weighted by Crippen LogP contribution is -2.60. The molecule has 384 valence electrons. The Kier molecular flexibility index (Phi) is 43.7. The smallest absolute Gasteiger partial charge is 0.220 e. The third kappa shape index (κ3) is 36.0. The van der Waals surface area contributed by atoms with Crippen molar-refractivity contribution in [3.8, 4) is 0 Å². The van der Waals surface area contributed by atoms with E-state index in [9.17, 15) is 30.3 Å². The minimum atomic E-state index is -1.57. The number of carbonyl (C=O) groups is 1. The Balaban J connectivity index is 2.24. The zero-order chi connectivity index (χ0) is 48.0. The topological polar surface area (TPSA) is 149 Å². The van der Waals surface area contributed by atoms with Crippen molar-refractivity contribution < 1.29 is 39.8 Å². The van der Waals surface area contributed by atoms with Gasteiger partial charge in [0.15, 0.2) is 6.29 Å². The molecule has 0 aliphatic carbocycles. The van der Waals surface area contributed by atoms with Crippen molar-refractivity contribution in [2.75, 3.05) is 13.2 Å². The molecule has 6 N–H and O–H groups in total. The molecule has 0 bridgehead atoms. The van der Waals surface area contributed by atoms with E-state index in [4.69, 9.17) is 9.47 Å². The van der Waals surface area contributed by atoms with Crippen LogP contribution in [0.5, 0.6) is 0 Å². The molecule has 0 aromatic heterocycles. The average molecular weight is 930 g/mol. The van der Waals surface area contributed by atoms with Crippen molar-refractivity contribution in [2.24, 2.45) is 0 Å². The average Bonchev–Trinajstić information content (AvgIpc) is 3.32. The van der Waals surface area contributed by atoms with Crippen LogP contribution in [0.3, 0.4) is 0 Å². The zero-order valence-corrected chi connectivity index (χ0v) is 42.4. The van der Waals surface area contributed by atoms with Gasteiger partial charge < -0.3 is 40.3 Å². The van der Waals surface area contributed by atoms with Gasteiger partial charge in [-0.25, -0.2) is 0 Å². The predicted octanol–water partition coefficient (Wildman–Crippen LogP) is 13.1. The number of rotatable bonds is 46. The van der Waals surface area contributed by atoms with Crippen LogP contribution in [0.15, 0.2) is 60.8 Å². The van der Waals surface area contributed by atoms with Gasteiger partial charge in [-0.1, -0.05) is 242 Å². The molecule has 1 heterocycles. The lowest BCUT2D eigenvalue weighted by Gasteiger charge is -2.40. The van der Waals surface area contributed by atoms with Gasteiger partial charge in [-0.05, 0) is 51.4 Å². The Morgan fingerprint density at radius 1 is 0.530 bits per heavy atom. The van der Waals surface area contributed by atoms with Gasteiger partial charge in [0.05, 0.1) is 25.4 Å². The molecule has 0 spiro atoms. The molecule has 1 saturated heterocycles. The summed E-state index contributed by atoms with van der Waals surface area (Å²) in [7, 11) is 0. The molecule has 1 aliphatic heterocycles. The summed E-state index contributed by atoms with van der Waals surface area (Å²) in [4.78, 5) is 13.0. The summed E-state index contributed by atoms with van der Waals surface area (Å²) in [6, 6.07) is -0.752. The Morgan fingerprint density at radius 3 is 1.33 bits per heavy atom. The number of nitrogens with one attached hydrogen (secondary N) is 1. The fourth-order valence-electron chi connectivity index (χ4n) is 8.55.